The summed E-state index contributed by atoms with van der Waals surface area (Å²) in [5, 5.41) is 0. The summed E-state index contributed by atoms with van der Waals surface area (Å²) in [6.45, 7) is 0. The van der Waals surface area contributed by atoms with E-state index in [1.54, 1.807) is 0 Å². The van der Waals surface area contributed by atoms with Gasteiger partial charge in [-0.25, -0.2) is 8.37 Å². The number of halogens is 2. The van der Waals surface area contributed by atoms with E-state index in [1.165, 1.54) is 0 Å². The van der Waals surface area contributed by atoms with Gasteiger partial charge in [0, 0.05) is 0 Å². The Balaban J connectivity index is 2.77. The van der Waals surface area contributed by atoms with E-state index in [9.17, 15) is 8.42 Å². The third-order valence-corrected chi connectivity index (χ3v) is 2.49. The quantitative estimate of drug-likeness (QED) is 0.522. The molecule has 4 nitrogen and oxygen atoms in total. The summed E-state index contributed by atoms with van der Waals surface area (Å²) in [6, 6.07) is 0. The van der Waals surface area contributed by atoms with Gasteiger partial charge in [0.2, 0.25) is 0 Å². The van der Waals surface area contributed by atoms with E-state index in [2.05, 4.69) is 8.37 Å². The molecule has 0 bridgehead atoms. The second-order valence-electron chi connectivity index (χ2n) is 1.30. The molecule has 1 rings (SSSR count). The first-order valence-corrected chi connectivity index (χ1v) is 4.11. The van der Waals surface area contributed by atoms with Gasteiger partial charge < -0.3 is 0 Å². The molecule has 0 unspecified atom stereocenters. The number of alkyl halides is 2. The summed E-state index contributed by atoms with van der Waals surface area (Å²) in [5.74, 6) is 0. The fraction of sp³-hybridized carbons (Fsp3) is 1.00. The second kappa shape index (κ2) is 2.25. The normalized spacial score (nSPS) is 41.1. The van der Waals surface area contributed by atoms with E-state index >= 15 is 0 Å². The Morgan fingerprint density at radius 3 is 1.56 bits per heavy atom. The third kappa shape index (κ3) is 1.68. The standard InChI is InChI=1S/C2H2Cl2O4S/c3-1-2(4)8-9(5,6)7-1/h1-2H/t1-,2-/m1/s1. The predicted molar refractivity (Wildman–Crippen MR) is 30.4 cm³/mol. The molecule has 0 aromatic rings. The Kier molecular flexibility index (Phi) is 1.89. The van der Waals surface area contributed by atoms with Crippen molar-refractivity contribution in [2.45, 2.75) is 11.1 Å². The van der Waals surface area contributed by atoms with E-state index in [0.717, 1.165) is 0 Å². The van der Waals surface area contributed by atoms with Crippen molar-refractivity contribution in [1.29, 1.82) is 0 Å². The van der Waals surface area contributed by atoms with Gasteiger partial charge in [0.1, 0.15) is 0 Å². The minimum Gasteiger partial charge on any atom is -0.224 e. The molecule has 0 saturated carbocycles. The van der Waals surface area contributed by atoms with Crippen molar-refractivity contribution in [2.24, 2.45) is 0 Å². The molecule has 1 fully saturated rings. The van der Waals surface area contributed by atoms with E-state index < -0.39 is 21.5 Å². The van der Waals surface area contributed by atoms with E-state index in [0.29, 0.717) is 0 Å². The fourth-order valence-corrected chi connectivity index (χ4v) is 1.79. The van der Waals surface area contributed by atoms with Crippen molar-refractivity contribution < 1.29 is 16.8 Å². The maximum absolute atomic E-state index is 10.2. The summed E-state index contributed by atoms with van der Waals surface area (Å²) in [4.78, 5) is 0. The van der Waals surface area contributed by atoms with Gasteiger partial charge >= 0.3 is 10.4 Å². The van der Waals surface area contributed by atoms with Crippen LogP contribution in [0.4, 0.5) is 0 Å². The zero-order chi connectivity index (χ0) is 7.07. The van der Waals surface area contributed by atoms with Crippen molar-refractivity contribution in [3.05, 3.63) is 0 Å². The largest absolute Gasteiger partial charge is 0.403 e. The molecule has 7 heteroatoms. The van der Waals surface area contributed by atoms with Crippen LogP contribution >= 0.6 is 23.2 Å². The van der Waals surface area contributed by atoms with Crippen molar-refractivity contribution in [3.63, 3.8) is 0 Å². The van der Waals surface area contributed by atoms with Gasteiger partial charge in [-0.2, -0.15) is 8.42 Å². The third-order valence-electron chi connectivity index (χ3n) is 0.626. The van der Waals surface area contributed by atoms with Gasteiger partial charge in [-0.15, -0.1) is 0 Å². The van der Waals surface area contributed by atoms with E-state index in [-0.39, 0.29) is 0 Å². The summed E-state index contributed by atoms with van der Waals surface area (Å²) in [5.41, 5.74) is -2.23. The van der Waals surface area contributed by atoms with Crippen molar-refractivity contribution in [1.82, 2.24) is 0 Å². The predicted octanol–water partition coefficient (Wildman–Crippen LogP) is 0.408. The molecule has 9 heavy (non-hydrogen) atoms. The van der Waals surface area contributed by atoms with Crippen molar-refractivity contribution >= 4 is 33.6 Å². The lowest BCUT2D eigenvalue weighted by molar-refractivity contribution is 0.292. The lowest BCUT2D eigenvalue weighted by Crippen LogP contribution is -2.07. The molecule has 54 valence electrons. The Morgan fingerprint density at radius 2 is 1.44 bits per heavy atom. The van der Waals surface area contributed by atoms with Gasteiger partial charge in [0.15, 0.2) is 11.1 Å². The molecule has 1 heterocycles. The molecule has 0 aromatic carbocycles. The zero-order valence-electron chi connectivity index (χ0n) is 3.95. The van der Waals surface area contributed by atoms with Crippen LogP contribution in [0.25, 0.3) is 0 Å². The maximum Gasteiger partial charge on any atom is 0.403 e. The summed E-state index contributed by atoms with van der Waals surface area (Å²) in [7, 11) is -3.91. The van der Waals surface area contributed by atoms with Gasteiger partial charge in [0.05, 0.1) is 0 Å². The topological polar surface area (TPSA) is 52.6 Å². The van der Waals surface area contributed by atoms with Crippen LogP contribution < -0.4 is 0 Å². The minimum absolute atomic E-state index is 1.11. The molecular weight excluding hydrogens is 191 g/mol. The molecular formula is C2H2Cl2O4S. The van der Waals surface area contributed by atoms with E-state index in [1.807, 2.05) is 0 Å². The monoisotopic (exact) mass is 192 g/mol. The number of rotatable bonds is 0. The lowest BCUT2D eigenvalue weighted by atomic mass is 10.8. The first kappa shape index (κ1) is 7.56. The highest BCUT2D eigenvalue weighted by atomic mass is 35.5. The number of hydrogen-bond donors (Lipinski definition) is 0. The van der Waals surface area contributed by atoms with Crippen LogP contribution in [0.3, 0.4) is 0 Å². The number of hydrogen-bond acceptors (Lipinski definition) is 4. The SMILES string of the molecule is O=S1(=O)O[C@@H](Cl)[C@H](Cl)O1. The highest BCUT2D eigenvalue weighted by Gasteiger charge is 2.37. The Bertz CT molecular complexity index is 183. The highest BCUT2D eigenvalue weighted by Crippen LogP contribution is 2.25. The maximum atomic E-state index is 10.2. The Labute approximate surface area is 62.0 Å². The summed E-state index contributed by atoms with van der Waals surface area (Å²) < 4.78 is 28.6. The average Bonchev–Trinajstić information content (AvgIpc) is 1.79. The molecule has 1 aliphatic rings. The average molecular weight is 193 g/mol. The van der Waals surface area contributed by atoms with Crippen LogP contribution in [0.5, 0.6) is 0 Å². The van der Waals surface area contributed by atoms with Crippen LogP contribution in [0.15, 0.2) is 0 Å². The molecule has 1 aliphatic heterocycles. The van der Waals surface area contributed by atoms with Crippen molar-refractivity contribution in [3.8, 4) is 0 Å². The minimum atomic E-state index is -3.91. The first-order chi connectivity index (χ1) is 4.01. The molecule has 0 amide bonds. The van der Waals surface area contributed by atoms with Crippen LogP contribution in [0, 0.1) is 0 Å². The van der Waals surface area contributed by atoms with Crippen LogP contribution in [0.2, 0.25) is 0 Å². The molecule has 0 aromatic heterocycles. The molecule has 0 spiro atoms. The smallest absolute Gasteiger partial charge is 0.224 e. The van der Waals surface area contributed by atoms with Crippen LogP contribution in [-0.4, -0.2) is 19.5 Å². The van der Waals surface area contributed by atoms with E-state index in [4.69, 9.17) is 23.2 Å². The summed E-state index contributed by atoms with van der Waals surface area (Å²) >= 11 is 10.4. The van der Waals surface area contributed by atoms with Gasteiger partial charge in [-0.05, 0) is 0 Å². The van der Waals surface area contributed by atoms with Gasteiger partial charge in [0.25, 0.3) is 0 Å². The van der Waals surface area contributed by atoms with Crippen molar-refractivity contribution in [2.75, 3.05) is 0 Å². The molecule has 0 radical (unpaired) electrons. The Morgan fingerprint density at radius 1 is 1.11 bits per heavy atom. The molecule has 1 saturated heterocycles. The van der Waals surface area contributed by atoms with Gasteiger partial charge in [-0.1, -0.05) is 23.2 Å². The molecule has 0 aliphatic carbocycles. The van der Waals surface area contributed by atoms with Crippen LogP contribution in [-0.2, 0) is 18.8 Å². The zero-order valence-corrected chi connectivity index (χ0v) is 6.28. The Hall–Kier alpha value is 0.450. The fourth-order valence-electron chi connectivity index (χ4n) is 0.335. The van der Waals surface area contributed by atoms with Crippen LogP contribution in [0.1, 0.15) is 0 Å². The lowest BCUT2D eigenvalue weighted by Gasteiger charge is -1.93. The van der Waals surface area contributed by atoms with Gasteiger partial charge in [-0.3, -0.25) is 0 Å². The summed E-state index contributed by atoms with van der Waals surface area (Å²) in [6.07, 6.45) is 0. The highest BCUT2D eigenvalue weighted by molar-refractivity contribution is 7.82. The molecule has 2 atom stereocenters. The molecule has 0 N–H and O–H groups in total. The first-order valence-electron chi connectivity index (χ1n) is 1.91. The second-order valence-corrected chi connectivity index (χ2v) is 3.36.